The van der Waals surface area contributed by atoms with Crippen molar-refractivity contribution >= 4 is 0 Å². The molecule has 7 atom stereocenters. The second kappa shape index (κ2) is 9.67. The molecule has 7 N–H and O–H groups in total. The quantitative estimate of drug-likeness (QED) is 0.238. The number of aliphatic hydroxyl groups is 7. The molecule has 0 saturated carbocycles. The van der Waals surface area contributed by atoms with Crippen molar-refractivity contribution < 1.29 is 54.7 Å². The molecule has 160 valence electrons. The molecule has 1 aliphatic heterocycles. The fourth-order valence-corrected chi connectivity index (χ4v) is 2.79. The van der Waals surface area contributed by atoms with Crippen molar-refractivity contribution in [1.82, 2.24) is 0 Å². The van der Waals surface area contributed by atoms with E-state index in [1.54, 1.807) is 0 Å². The Kier molecular flexibility index (Phi) is 7.80. The number of rotatable bonds is 8. The summed E-state index contributed by atoms with van der Waals surface area (Å²) in [7, 11) is 2.60. The standard InChI is InChI=1S/C17H26O11/c1-25-9-3-7(12(21)8(20)5-18)4-10(26-2)16(9)28-17-15(24)14(23)13(22)11(6-19)27-17/h3-4,8,11-15,17-24H,5-6H2,1-2H3/t8-,11+,12-,13+,14-,15+,17-/m0/s1. The smallest absolute Gasteiger partial charge is 0.229 e. The Hall–Kier alpha value is -1.70. The highest BCUT2D eigenvalue weighted by molar-refractivity contribution is 5.54. The van der Waals surface area contributed by atoms with Crippen molar-refractivity contribution in [3.63, 3.8) is 0 Å². The third-order valence-electron chi connectivity index (χ3n) is 4.46. The van der Waals surface area contributed by atoms with Gasteiger partial charge in [-0.1, -0.05) is 0 Å². The van der Waals surface area contributed by atoms with Gasteiger partial charge in [-0.3, -0.25) is 0 Å². The first kappa shape index (κ1) is 22.6. The Morgan fingerprint density at radius 2 is 1.54 bits per heavy atom. The molecule has 11 heteroatoms. The molecule has 0 unspecified atom stereocenters. The van der Waals surface area contributed by atoms with Crippen LogP contribution < -0.4 is 14.2 Å². The molecule has 0 spiro atoms. The maximum Gasteiger partial charge on any atom is 0.229 e. The third-order valence-corrected chi connectivity index (χ3v) is 4.46. The van der Waals surface area contributed by atoms with E-state index in [2.05, 4.69) is 0 Å². The first-order valence-electron chi connectivity index (χ1n) is 8.49. The number of methoxy groups -OCH3 is 2. The maximum atomic E-state index is 10.1. The van der Waals surface area contributed by atoms with Gasteiger partial charge < -0.3 is 54.7 Å². The molecule has 1 aromatic rings. The molecule has 28 heavy (non-hydrogen) atoms. The van der Waals surface area contributed by atoms with E-state index in [1.807, 2.05) is 0 Å². The van der Waals surface area contributed by atoms with Crippen LogP contribution in [0.5, 0.6) is 17.2 Å². The summed E-state index contributed by atoms with van der Waals surface area (Å²) in [6.07, 6.45) is -10.3. The van der Waals surface area contributed by atoms with E-state index >= 15 is 0 Å². The summed E-state index contributed by atoms with van der Waals surface area (Å²) >= 11 is 0. The number of aliphatic hydroxyl groups excluding tert-OH is 7. The molecule has 1 heterocycles. The fourth-order valence-electron chi connectivity index (χ4n) is 2.79. The lowest BCUT2D eigenvalue weighted by molar-refractivity contribution is -0.277. The summed E-state index contributed by atoms with van der Waals surface area (Å²) in [5.74, 6) is 0.0229. The van der Waals surface area contributed by atoms with Gasteiger partial charge in [0.05, 0.1) is 27.4 Å². The molecular formula is C17H26O11. The van der Waals surface area contributed by atoms with Crippen molar-refractivity contribution in [3.05, 3.63) is 17.7 Å². The topological polar surface area (TPSA) is 179 Å². The van der Waals surface area contributed by atoms with Gasteiger partial charge in [-0.2, -0.15) is 0 Å². The molecule has 1 saturated heterocycles. The van der Waals surface area contributed by atoms with E-state index in [4.69, 9.17) is 24.1 Å². The van der Waals surface area contributed by atoms with E-state index in [0.29, 0.717) is 0 Å². The largest absolute Gasteiger partial charge is 0.493 e. The van der Waals surface area contributed by atoms with Crippen LogP contribution >= 0.6 is 0 Å². The second-order valence-electron chi connectivity index (χ2n) is 6.26. The molecule has 2 rings (SSSR count). The minimum Gasteiger partial charge on any atom is -0.493 e. The Bertz CT molecular complexity index is 613. The van der Waals surface area contributed by atoms with Crippen LogP contribution in [0.15, 0.2) is 12.1 Å². The molecule has 0 radical (unpaired) electrons. The van der Waals surface area contributed by atoms with Gasteiger partial charge in [-0.05, 0) is 17.7 Å². The van der Waals surface area contributed by atoms with Crippen molar-refractivity contribution in [3.8, 4) is 17.2 Å². The van der Waals surface area contributed by atoms with Crippen LogP contribution in [0.3, 0.4) is 0 Å². The molecule has 1 fully saturated rings. The van der Waals surface area contributed by atoms with Crippen LogP contribution in [0, 0.1) is 0 Å². The maximum absolute atomic E-state index is 10.1. The highest BCUT2D eigenvalue weighted by Gasteiger charge is 2.45. The van der Waals surface area contributed by atoms with Gasteiger partial charge in [0.15, 0.2) is 11.5 Å². The Balaban J connectivity index is 2.36. The molecule has 11 nitrogen and oxygen atoms in total. The van der Waals surface area contributed by atoms with Crippen molar-refractivity contribution in [2.24, 2.45) is 0 Å². The van der Waals surface area contributed by atoms with Gasteiger partial charge in [0, 0.05) is 0 Å². The molecule has 1 aromatic carbocycles. The molecule has 0 bridgehead atoms. The van der Waals surface area contributed by atoms with Crippen molar-refractivity contribution in [2.45, 2.75) is 42.9 Å². The second-order valence-corrected chi connectivity index (χ2v) is 6.26. The highest BCUT2D eigenvalue weighted by Crippen LogP contribution is 2.42. The average Bonchev–Trinajstić information content (AvgIpc) is 2.72. The first-order valence-corrected chi connectivity index (χ1v) is 8.49. The molecule has 0 aromatic heterocycles. The first-order chi connectivity index (χ1) is 13.3. The molecule has 0 aliphatic carbocycles. The van der Waals surface area contributed by atoms with Crippen LogP contribution in [0.1, 0.15) is 11.7 Å². The third kappa shape index (κ3) is 4.47. The number of ether oxygens (including phenoxy) is 4. The molecule has 0 amide bonds. The summed E-state index contributed by atoms with van der Waals surface area (Å²) in [5, 5.41) is 67.9. The van der Waals surface area contributed by atoms with E-state index in [1.165, 1.54) is 26.4 Å². The summed E-state index contributed by atoms with van der Waals surface area (Å²) in [6.45, 7) is -1.29. The van der Waals surface area contributed by atoms with E-state index in [0.717, 1.165) is 0 Å². The highest BCUT2D eigenvalue weighted by atomic mass is 16.7. The zero-order chi connectivity index (χ0) is 21.0. The number of benzene rings is 1. The summed E-state index contributed by atoms with van der Waals surface area (Å²) < 4.78 is 21.3. The molecule has 1 aliphatic rings. The van der Waals surface area contributed by atoms with E-state index in [-0.39, 0.29) is 22.8 Å². The Morgan fingerprint density at radius 1 is 0.964 bits per heavy atom. The average molecular weight is 406 g/mol. The SMILES string of the molecule is COc1cc([C@H](O)[C@@H](O)CO)cc(OC)c1O[C@@H]1O[C@H](CO)[C@@H](O)[C@H](O)[C@H]1O. The van der Waals surface area contributed by atoms with Gasteiger partial charge in [0.1, 0.15) is 36.6 Å². The molecular weight excluding hydrogens is 380 g/mol. The van der Waals surface area contributed by atoms with Gasteiger partial charge >= 0.3 is 0 Å². The number of hydrogen-bond donors (Lipinski definition) is 7. The lowest BCUT2D eigenvalue weighted by Gasteiger charge is -2.39. The summed E-state index contributed by atoms with van der Waals surface area (Å²) in [4.78, 5) is 0. The number of hydrogen-bond acceptors (Lipinski definition) is 11. The van der Waals surface area contributed by atoms with Crippen LogP contribution in [0.25, 0.3) is 0 Å². The summed E-state index contributed by atoms with van der Waals surface area (Å²) in [5.41, 5.74) is 0.163. The van der Waals surface area contributed by atoms with Crippen molar-refractivity contribution in [1.29, 1.82) is 0 Å². The zero-order valence-electron chi connectivity index (χ0n) is 15.4. The fraction of sp³-hybridized carbons (Fsp3) is 0.647. The predicted molar refractivity (Wildman–Crippen MR) is 92.0 cm³/mol. The summed E-state index contributed by atoms with van der Waals surface area (Å²) in [6, 6.07) is 2.65. The van der Waals surface area contributed by atoms with Gasteiger partial charge in [0.2, 0.25) is 12.0 Å². The van der Waals surface area contributed by atoms with Gasteiger partial charge in [-0.25, -0.2) is 0 Å². The van der Waals surface area contributed by atoms with Gasteiger partial charge in [0.25, 0.3) is 0 Å². The Labute approximate surface area is 160 Å². The van der Waals surface area contributed by atoms with E-state index < -0.39 is 56.1 Å². The van der Waals surface area contributed by atoms with Gasteiger partial charge in [-0.15, -0.1) is 0 Å². The lowest BCUT2D eigenvalue weighted by atomic mass is 9.99. The predicted octanol–water partition coefficient (Wildman–Crippen LogP) is -2.73. The monoisotopic (exact) mass is 406 g/mol. The van der Waals surface area contributed by atoms with Crippen LogP contribution in [0.4, 0.5) is 0 Å². The zero-order valence-corrected chi connectivity index (χ0v) is 15.4. The minimum absolute atomic E-state index is 0.0375. The van der Waals surface area contributed by atoms with Crippen molar-refractivity contribution in [2.75, 3.05) is 27.4 Å². The van der Waals surface area contributed by atoms with Crippen LogP contribution in [-0.4, -0.2) is 100.0 Å². The Morgan fingerprint density at radius 3 is 2.00 bits per heavy atom. The van der Waals surface area contributed by atoms with E-state index in [9.17, 15) is 30.6 Å². The van der Waals surface area contributed by atoms with Crippen LogP contribution in [-0.2, 0) is 4.74 Å². The lowest BCUT2D eigenvalue weighted by Crippen LogP contribution is -2.60. The van der Waals surface area contributed by atoms with Crippen LogP contribution in [0.2, 0.25) is 0 Å². The normalized spacial score (nSPS) is 29.8. The minimum atomic E-state index is -1.64.